The van der Waals surface area contributed by atoms with E-state index in [-0.39, 0.29) is 12.0 Å². The second kappa shape index (κ2) is 7.07. The highest BCUT2D eigenvalue weighted by Crippen LogP contribution is 2.23. The summed E-state index contributed by atoms with van der Waals surface area (Å²) in [5.74, 6) is 0.975. The van der Waals surface area contributed by atoms with E-state index in [1.807, 2.05) is 4.90 Å². The monoisotopic (exact) mass is 295 g/mol. The smallest absolute Gasteiger partial charge is 0.251 e. The zero-order chi connectivity index (χ0) is 14.7. The predicted molar refractivity (Wildman–Crippen MR) is 81.9 cm³/mol. The molecule has 1 atom stereocenters. The molecule has 3 heterocycles. The Labute approximate surface area is 127 Å². The van der Waals surface area contributed by atoms with Crippen molar-refractivity contribution in [1.82, 2.24) is 9.80 Å². The first-order valence-corrected chi connectivity index (χ1v) is 8.60. The lowest BCUT2D eigenvalue weighted by Gasteiger charge is -2.37. The Hall–Kier alpha value is -0.650. The van der Waals surface area contributed by atoms with Crippen molar-refractivity contribution in [3.63, 3.8) is 0 Å². The van der Waals surface area contributed by atoms with Gasteiger partial charge in [-0.25, -0.2) is 0 Å². The fourth-order valence-corrected chi connectivity index (χ4v) is 3.81. The summed E-state index contributed by atoms with van der Waals surface area (Å²) in [4.78, 5) is 16.9. The van der Waals surface area contributed by atoms with Crippen LogP contribution in [0, 0.1) is 5.92 Å². The van der Waals surface area contributed by atoms with Crippen LogP contribution in [0.5, 0.6) is 0 Å². The quantitative estimate of drug-likeness (QED) is 0.838. The van der Waals surface area contributed by atoms with Crippen LogP contribution >= 0.6 is 0 Å². The van der Waals surface area contributed by atoms with E-state index >= 15 is 0 Å². The molecule has 0 aliphatic carbocycles. The Bertz CT molecular complexity index is 341. The number of carbonyl (C=O) groups is 1. The van der Waals surface area contributed by atoms with E-state index in [4.69, 9.17) is 10.5 Å². The van der Waals surface area contributed by atoms with Crippen molar-refractivity contribution in [2.24, 2.45) is 11.7 Å². The number of piperidine rings is 2. The molecule has 1 amide bonds. The summed E-state index contributed by atoms with van der Waals surface area (Å²) in [5.41, 5.74) is 5.96. The van der Waals surface area contributed by atoms with E-state index in [2.05, 4.69) is 4.90 Å². The lowest BCUT2D eigenvalue weighted by molar-refractivity contribution is -0.142. The van der Waals surface area contributed by atoms with Crippen LogP contribution < -0.4 is 5.73 Å². The Morgan fingerprint density at radius 1 is 1.05 bits per heavy atom. The molecule has 21 heavy (non-hydrogen) atoms. The minimum atomic E-state index is -0.148. The van der Waals surface area contributed by atoms with Gasteiger partial charge in [0.1, 0.15) is 6.10 Å². The summed E-state index contributed by atoms with van der Waals surface area (Å²) in [7, 11) is 0. The normalized spacial score (nSPS) is 30.0. The highest BCUT2D eigenvalue weighted by Gasteiger charge is 2.31. The standard InChI is InChI=1S/C16H29N3O2/c17-14-5-7-18(8-6-14)12-13-3-9-19(10-4-13)16(20)15-2-1-11-21-15/h13-15H,1-12,17H2. The molecule has 120 valence electrons. The van der Waals surface area contributed by atoms with Crippen LogP contribution in [0.25, 0.3) is 0 Å². The van der Waals surface area contributed by atoms with Crippen LogP contribution in [0.3, 0.4) is 0 Å². The number of nitrogens with two attached hydrogens (primary N) is 1. The van der Waals surface area contributed by atoms with Gasteiger partial charge in [-0.05, 0) is 57.5 Å². The first-order chi connectivity index (χ1) is 10.2. The van der Waals surface area contributed by atoms with Crippen molar-refractivity contribution in [1.29, 1.82) is 0 Å². The van der Waals surface area contributed by atoms with E-state index in [1.165, 1.54) is 6.54 Å². The van der Waals surface area contributed by atoms with E-state index in [1.54, 1.807) is 0 Å². The fraction of sp³-hybridized carbons (Fsp3) is 0.938. The molecule has 0 saturated carbocycles. The van der Waals surface area contributed by atoms with E-state index < -0.39 is 0 Å². The molecule has 0 spiro atoms. The van der Waals surface area contributed by atoms with Crippen LogP contribution in [0.4, 0.5) is 0 Å². The Balaban J connectivity index is 1.39. The lowest BCUT2D eigenvalue weighted by atomic mass is 9.94. The molecule has 5 nitrogen and oxygen atoms in total. The number of hydrogen-bond acceptors (Lipinski definition) is 4. The highest BCUT2D eigenvalue weighted by atomic mass is 16.5. The van der Waals surface area contributed by atoms with Crippen LogP contribution in [0.2, 0.25) is 0 Å². The number of nitrogens with zero attached hydrogens (tertiary/aromatic N) is 2. The number of carbonyl (C=O) groups excluding carboxylic acids is 1. The van der Waals surface area contributed by atoms with Gasteiger partial charge >= 0.3 is 0 Å². The number of likely N-dealkylation sites (tertiary alicyclic amines) is 2. The first kappa shape index (κ1) is 15.3. The van der Waals surface area contributed by atoms with Crippen molar-refractivity contribution in [2.75, 3.05) is 39.3 Å². The minimum Gasteiger partial charge on any atom is -0.368 e. The predicted octanol–water partition coefficient (Wildman–Crippen LogP) is 0.827. The van der Waals surface area contributed by atoms with Crippen molar-refractivity contribution < 1.29 is 9.53 Å². The molecular weight excluding hydrogens is 266 g/mol. The molecular formula is C16H29N3O2. The van der Waals surface area contributed by atoms with Gasteiger partial charge < -0.3 is 20.3 Å². The van der Waals surface area contributed by atoms with Crippen LogP contribution in [-0.4, -0.2) is 67.2 Å². The van der Waals surface area contributed by atoms with Gasteiger partial charge in [-0.15, -0.1) is 0 Å². The van der Waals surface area contributed by atoms with Gasteiger partial charge in [0.05, 0.1) is 0 Å². The van der Waals surface area contributed by atoms with Crippen LogP contribution in [0.15, 0.2) is 0 Å². The zero-order valence-corrected chi connectivity index (χ0v) is 13.0. The van der Waals surface area contributed by atoms with Gasteiger partial charge in [-0.2, -0.15) is 0 Å². The van der Waals surface area contributed by atoms with Gasteiger partial charge in [-0.1, -0.05) is 0 Å². The number of amides is 1. The summed E-state index contributed by atoms with van der Waals surface area (Å²) in [5, 5.41) is 0. The topological polar surface area (TPSA) is 58.8 Å². The molecule has 2 N–H and O–H groups in total. The summed E-state index contributed by atoms with van der Waals surface area (Å²) in [6, 6.07) is 0.409. The summed E-state index contributed by atoms with van der Waals surface area (Å²) >= 11 is 0. The Morgan fingerprint density at radius 3 is 2.38 bits per heavy atom. The molecule has 5 heteroatoms. The molecule has 3 rings (SSSR count). The molecule has 3 aliphatic rings. The largest absolute Gasteiger partial charge is 0.368 e. The van der Waals surface area contributed by atoms with E-state index in [9.17, 15) is 4.79 Å². The fourth-order valence-electron chi connectivity index (χ4n) is 3.81. The Kier molecular flexibility index (Phi) is 5.14. The minimum absolute atomic E-state index is 0.148. The van der Waals surface area contributed by atoms with Gasteiger partial charge in [0, 0.05) is 32.3 Å². The average molecular weight is 295 g/mol. The van der Waals surface area contributed by atoms with Crippen molar-refractivity contribution in [2.45, 2.75) is 50.7 Å². The molecule has 0 bridgehead atoms. The van der Waals surface area contributed by atoms with Crippen LogP contribution in [0.1, 0.15) is 38.5 Å². The van der Waals surface area contributed by atoms with Crippen LogP contribution in [-0.2, 0) is 9.53 Å². The van der Waals surface area contributed by atoms with Gasteiger partial charge in [0.2, 0.25) is 0 Å². The average Bonchev–Trinajstić information content (AvgIpc) is 3.04. The molecule has 3 aliphatic heterocycles. The molecule has 0 aromatic carbocycles. The van der Waals surface area contributed by atoms with Gasteiger partial charge in [-0.3, -0.25) is 4.79 Å². The summed E-state index contributed by atoms with van der Waals surface area (Å²) in [6.07, 6.45) is 6.34. The highest BCUT2D eigenvalue weighted by molar-refractivity contribution is 5.81. The lowest BCUT2D eigenvalue weighted by Crippen LogP contribution is -2.47. The molecule has 3 saturated heterocycles. The zero-order valence-electron chi connectivity index (χ0n) is 13.0. The SMILES string of the molecule is NC1CCN(CC2CCN(C(=O)C3CCCO3)CC2)CC1. The third-order valence-corrected chi connectivity index (χ3v) is 5.28. The molecule has 0 aromatic rings. The second-order valence-corrected chi connectivity index (χ2v) is 6.91. The maximum Gasteiger partial charge on any atom is 0.251 e. The summed E-state index contributed by atoms with van der Waals surface area (Å²) in [6.45, 7) is 6.07. The third-order valence-electron chi connectivity index (χ3n) is 5.28. The maximum absolute atomic E-state index is 12.3. The third kappa shape index (κ3) is 3.96. The van der Waals surface area contributed by atoms with Crippen molar-refractivity contribution in [3.05, 3.63) is 0 Å². The van der Waals surface area contributed by atoms with Crippen molar-refractivity contribution in [3.8, 4) is 0 Å². The molecule has 0 radical (unpaired) electrons. The second-order valence-electron chi connectivity index (χ2n) is 6.91. The Morgan fingerprint density at radius 2 is 1.76 bits per heavy atom. The molecule has 1 unspecified atom stereocenters. The number of ether oxygens (including phenoxy) is 1. The van der Waals surface area contributed by atoms with E-state index in [0.29, 0.717) is 6.04 Å². The van der Waals surface area contributed by atoms with Crippen molar-refractivity contribution >= 4 is 5.91 Å². The molecule has 0 aromatic heterocycles. The number of hydrogen-bond donors (Lipinski definition) is 1. The van der Waals surface area contributed by atoms with Gasteiger partial charge in [0.15, 0.2) is 0 Å². The van der Waals surface area contributed by atoms with Gasteiger partial charge in [0.25, 0.3) is 5.91 Å². The first-order valence-electron chi connectivity index (χ1n) is 8.60. The summed E-state index contributed by atoms with van der Waals surface area (Å²) < 4.78 is 5.52. The van der Waals surface area contributed by atoms with E-state index in [0.717, 1.165) is 77.2 Å². The molecule has 3 fully saturated rings. The number of rotatable bonds is 3. The maximum atomic E-state index is 12.3.